The minimum atomic E-state index is -0.900. The fraction of sp³-hybridized carbons (Fsp3) is 0.375. The van der Waals surface area contributed by atoms with Crippen molar-refractivity contribution in [3.05, 3.63) is 22.1 Å². The van der Waals surface area contributed by atoms with E-state index in [0.717, 1.165) is 0 Å². The van der Waals surface area contributed by atoms with Crippen molar-refractivity contribution in [1.29, 1.82) is 0 Å². The Morgan fingerprint density at radius 2 is 2.12 bits per heavy atom. The number of hydrogen-bond donors (Lipinski definition) is 2. The van der Waals surface area contributed by atoms with Gasteiger partial charge in [0.1, 0.15) is 17.6 Å². The lowest BCUT2D eigenvalue weighted by atomic mass is 10.1. The Morgan fingerprint density at radius 3 is 2.56 bits per heavy atom. The summed E-state index contributed by atoms with van der Waals surface area (Å²) in [6.07, 6.45) is 0.627. The van der Waals surface area contributed by atoms with Gasteiger partial charge in [-0.2, -0.15) is 5.10 Å². The largest absolute Gasteiger partial charge is 0.384 e. The summed E-state index contributed by atoms with van der Waals surface area (Å²) < 4.78 is 3.48. The second-order valence-corrected chi connectivity index (χ2v) is 4.15. The van der Waals surface area contributed by atoms with Crippen LogP contribution in [0, 0.1) is 0 Å². The van der Waals surface area contributed by atoms with E-state index in [-0.39, 0.29) is 0 Å². The number of aliphatic hydroxyl groups excluding tert-OH is 1. The molecule has 86 valence electrons. The Labute approximate surface area is 100.0 Å². The molecule has 2 heterocycles. The Balaban J connectivity index is 2.47. The predicted molar refractivity (Wildman–Crippen MR) is 60.4 cm³/mol. The molecule has 0 bridgehead atoms. The molecule has 0 aliphatic heterocycles. The van der Waals surface area contributed by atoms with Gasteiger partial charge in [0.15, 0.2) is 4.60 Å². The Morgan fingerprint density at radius 1 is 1.44 bits per heavy atom. The number of anilines is 1. The summed E-state index contributed by atoms with van der Waals surface area (Å²) in [6.45, 7) is 0. The van der Waals surface area contributed by atoms with Crippen molar-refractivity contribution in [1.82, 2.24) is 24.8 Å². The van der Waals surface area contributed by atoms with Crippen LogP contribution in [0.1, 0.15) is 17.4 Å². The molecule has 0 aliphatic carbocycles. The van der Waals surface area contributed by atoms with Crippen LogP contribution in [0.15, 0.2) is 10.8 Å². The quantitative estimate of drug-likeness (QED) is 0.809. The Hall–Kier alpha value is -1.41. The maximum Gasteiger partial charge on any atom is 0.154 e. The van der Waals surface area contributed by atoms with E-state index in [1.54, 1.807) is 14.1 Å². The Bertz CT molecular complexity index is 499. The lowest BCUT2D eigenvalue weighted by Gasteiger charge is -2.10. The Kier molecular flexibility index (Phi) is 2.68. The number of nitrogens with two attached hydrogens (primary N) is 1. The van der Waals surface area contributed by atoms with Gasteiger partial charge in [-0.15, -0.1) is 5.10 Å². The van der Waals surface area contributed by atoms with Gasteiger partial charge < -0.3 is 10.8 Å². The van der Waals surface area contributed by atoms with Crippen LogP contribution >= 0.6 is 15.9 Å². The molecule has 2 aromatic heterocycles. The molecule has 0 amide bonds. The van der Waals surface area contributed by atoms with Crippen molar-refractivity contribution < 1.29 is 5.11 Å². The van der Waals surface area contributed by atoms with Crippen LogP contribution in [0.3, 0.4) is 0 Å². The van der Waals surface area contributed by atoms with Gasteiger partial charge >= 0.3 is 0 Å². The predicted octanol–water partition coefficient (Wildman–Crippen LogP) is -0.0250. The maximum atomic E-state index is 10.2. The van der Waals surface area contributed by atoms with Crippen molar-refractivity contribution in [2.24, 2.45) is 14.1 Å². The molecule has 0 fully saturated rings. The highest BCUT2D eigenvalue weighted by molar-refractivity contribution is 9.10. The van der Waals surface area contributed by atoms with Crippen LogP contribution in [-0.4, -0.2) is 29.9 Å². The second-order valence-electron chi connectivity index (χ2n) is 3.40. The number of rotatable bonds is 2. The monoisotopic (exact) mass is 286 g/mol. The van der Waals surface area contributed by atoms with E-state index in [9.17, 15) is 5.11 Å². The van der Waals surface area contributed by atoms with Crippen molar-refractivity contribution >= 4 is 21.7 Å². The second kappa shape index (κ2) is 3.87. The number of aromatic nitrogens is 5. The molecular weight excluding hydrogens is 276 g/mol. The smallest absolute Gasteiger partial charge is 0.154 e. The van der Waals surface area contributed by atoms with Crippen LogP contribution in [0.4, 0.5) is 5.82 Å². The first kappa shape index (κ1) is 11.1. The summed E-state index contributed by atoms with van der Waals surface area (Å²) in [6, 6.07) is 0. The minimum absolute atomic E-state index is 0.417. The third kappa shape index (κ3) is 1.59. The molecule has 0 saturated heterocycles. The van der Waals surface area contributed by atoms with Crippen LogP contribution in [-0.2, 0) is 14.1 Å². The molecule has 1 atom stereocenters. The fourth-order valence-corrected chi connectivity index (χ4v) is 2.00. The molecule has 0 aliphatic rings. The average molecular weight is 287 g/mol. The van der Waals surface area contributed by atoms with Gasteiger partial charge in [-0.3, -0.25) is 4.68 Å². The van der Waals surface area contributed by atoms with Crippen molar-refractivity contribution in [2.75, 3.05) is 5.73 Å². The number of nitrogen functional groups attached to an aromatic ring is 1. The summed E-state index contributed by atoms with van der Waals surface area (Å²) in [7, 11) is 3.41. The van der Waals surface area contributed by atoms with Crippen molar-refractivity contribution in [3.63, 3.8) is 0 Å². The average Bonchev–Trinajstić information content (AvgIpc) is 2.73. The number of halogens is 1. The molecule has 2 aromatic rings. The van der Waals surface area contributed by atoms with E-state index in [0.29, 0.717) is 21.7 Å². The zero-order valence-corrected chi connectivity index (χ0v) is 10.4. The molecule has 0 aromatic carbocycles. The number of hydrogen-bond acceptors (Lipinski definition) is 5. The van der Waals surface area contributed by atoms with E-state index >= 15 is 0 Å². The van der Waals surface area contributed by atoms with Crippen LogP contribution in [0.5, 0.6) is 0 Å². The van der Waals surface area contributed by atoms with Gasteiger partial charge in [-0.25, -0.2) is 4.68 Å². The summed E-state index contributed by atoms with van der Waals surface area (Å²) in [5, 5.41) is 21.7. The molecule has 2 rings (SSSR count). The standard InChI is InChI=1S/C8H11BrN6O/c1-14-5(7(9)12-13-14)6(16)4-3-11-15(2)8(4)10/h3,6,16H,10H2,1-2H3. The molecule has 0 radical (unpaired) electrons. The maximum absolute atomic E-state index is 10.2. The van der Waals surface area contributed by atoms with Gasteiger partial charge in [0, 0.05) is 19.7 Å². The van der Waals surface area contributed by atoms with Gasteiger partial charge in [0.2, 0.25) is 0 Å². The summed E-state index contributed by atoms with van der Waals surface area (Å²) in [5.74, 6) is 0.417. The lowest BCUT2D eigenvalue weighted by Crippen LogP contribution is -2.09. The zero-order chi connectivity index (χ0) is 11.9. The first-order valence-corrected chi connectivity index (χ1v) is 5.32. The zero-order valence-electron chi connectivity index (χ0n) is 8.79. The van der Waals surface area contributed by atoms with Crippen molar-refractivity contribution in [3.8, 4) is 0 Å². The van der Waals surface area contributed by atoms with Gasteiger partial charge in [0.05, 0.1) is 6.20 Å². The molecule has 7 nitrogen and oxygen atoms in total. The highest BCUT2D eigenvalue weighted by Gasteiger charge is 2.23. The summed E-state index contributed by atoms with van der Waals surface area (Å²) in [4.78, 5) is 0. The molecule has 0 spiro atoms. The molecule has 3 N–H and O–H groups in total. The van der Waals surface area contributed by atoms with Crippen molar-refractivity contribution in [2.45, 2.75) is 6.10 Å². The van der Waals surface area contributed by atoms with E-state index in [1.807, 2.05) is 0 Å². The van der Waals surface area contributed by atoms with Gasteiger partial charge in [-0.05, 0) is 15.9 Å². The molecule has 0 saturated carbocycles. The van der Waals surface area contributed by atoms with Gasteiger partial charge in [0.25, 0.3) is 0 Å². The summed E-state index contributed by atoms with van der Waals surface area (Å²) >= 11 is 3.22. The highest BCUT2D eigenvalue weighted by Crippen LogP contribution is 2.29. The molecule has 8 heteroatoms. The fourth-order valence-electron chi connectivity index (χ4n) is 1.45. The van der Waals surface area contributed by atoms with E-state index in [2.05, 4.69) is 31.3 Å². The normalized spacial score (nSPS) is 13.0. The highest BCUT2D eigenvalue weighted by atomic mass is 79.9. The molecule has 16 heavy (non-hydrogen) atoms. The number of nitrogens with zero attached hydrogens (tertiary/aromatic N) is 5. The minimum Gasteiger partial charge on any atom is -0.384 e. The summed E-state index contributed by atoms with van der Waals surface area (Å²) in [5.41, 5.74) is 6.86. The number of aryl methyl sites for hydroxylation is 2. The van der Waals surface area contributed by atoms with Crippen LogP contribution in [0.25, 0.3) is 0 Å². The van der Waals surface area contributed by atoms with Gasteiger partial charge in [-0.1, -0.05) is 5.21 Å². The van der Waals surface area contributed by atoms with E-state index in [1.165, 1.54) is 15.6 Å². The molecule has 1 unspecified atom stereocenters. The van der Waals surface area contributed by atoms with Crippen LogP contribution in [0.2, 0.25) is 0 Å². The van der Waals surface area contributed by atoms with E-state index < -0.39 is 6.10 Å². The third-order valence-electron chi connectivity index (χ3n) is 2.39. The van der Waals surface area contributed by atoms with Crippen LogP contribution < -0.4 is 5.73 Å². The van der Waals surface area contributed by atoms with E-state index in [4.69, 9.17) is 5.73 Å². The molecular formula is C8H11BrN6O. The number of aliphatic hydroxyl groups is 1. The third-order valence-corrected chi connectivity index (χ3v) is 2.96. The first-order chi connectivity index (χ1) is 7.52. The lowest BCUT2D eigenvalue weighted by molar-refractivity contribution is 0.209. The first-order valence-electron chi connectivity index (χ1n) is 4.53. The SMILES string of the molecule is Cn1ncc(C(O)c2c(Br)nnn2C)c1N. The topological polar surface area (TPSA) is 94.8 Å².